The number of fused-ring (bicyclic) bond motifs is 1. The summed E-state index contributed by atoms with van der Waals surface area (Å²) in [7, 11) is 4.42. The molecule has 1 aliphatic heterocycles. The summed E-state index contributed by atoms with van der Waals surface area (Å²) in [5.41, 5.74) is 10.3. The Morgan fingerprint density at radius 2 is 2.20 bits per heavy atom. The number of likely N-dealkylation sites (N-methyl/N-ethyl adjacent to an activating group) is 1. The topological polar surface area (TPSA) is 32.5 Å². The Morgan fingerprint density at radius 1 is 1.40 bits per heavy atom. The highest BCUT2D eigenvalue weighted by Crippen LogP contribution is 2.33. The zero-order valence-electron chi connectivity index (χ0n) is 12.8. The van der Waals surface area contributed by atoms with Gasteiger partial charge in [0.2, 0.25) is 0 Å². The molecule has 1 aromatic carbocycles. The van der Waals surface area contributed by atoms with Crippen molar-refractivity contribution in [3.63, 3.8) is 0 Å². The van der Waals surface area contributed by atoms with Crippen LogP contribution in [0.5, 0.6) is 0 Å². The maximum Gasteiger partial charge on any atom is 0.0467 e. The molecule has 110 valence electrons. The van der Waals surface area contributed by atoms with Crippen LogP contribution in [0.1, 0.15) is 36.4 Å². The van der Waals surface area contributed by atoms with Gasteiger partial charge in [0.15, 0.2) is 0 Å². The maximum atomic E-state index is 6.05. The molecule has 1 unspecified atom stereocenters. The Labute approximate surface area is 122 Å². The van der Waals surface area contributed by atoms with Crippen molar-refractivity contribution in [2.75, 3.05) is 38.6 Å². The normalized spacial score (nSPS) is 20.1. The molecule has 0 saturated heterocycles. The average molecular weight is 273 g/mol. The lowest BCUT2D eigenvalue weighted by Crippen LogP contribution is -2.32. The van der Waals surface area contributed by atoms with Crippen LogP contribution in [0, 0.1) is 5.92 Å². The third kappa shape index (κ3) is 2.84. The Bertz CT molecular complexity index is 467. The third-order valence-electron chi connectivity index (χ3n) is 4.84. The van der Waals surface area contributed by atoms with Gasteiger partial charge in [-0.05, 0) is 55.8 Å². The quantitative estimate of drug-likeness (QED) is 0.894. The molecule has 3 rings (SSSR count). The van der Waals surface area contributed by atoms with Gasteiger partial charge in [-0.2, -0.15) is 0 Å². The van der Waals surface area contributed by atoms with Crippen LogP contribution in [-0.4, -0.2) is 38.6 Å². The van der Waals surface area contributed by atoms with Crippen LogP contribution >= 0.6 is 0 Å². The van der Waals surface area contributed by atoms with Crippen molar-refractivity contribution in [3.05, 3.63) is 29.3 Å². The number of anilines is 1. The van der Waals surface area contributed by atoms with Gasteiger partial charge in [0, 0.05) is 38.4 Å². The van der Waals surface area contributed by atoms with E-state index in [1.807, 2.05) is 0 Å². The largest absolute Gasteiger partial charge is 0.374 e. The van der Waals surface area contributed by atoms with E-state index in [4.69, 9.17) is 5.73 Å². The molecule has 0 radical (unpaired) electrons. The fourth-order valence-corrected chi connectivity index (χ4v) is 3.42. The van der Waals surface area contributed by atoms with Crippen molar-refractivity contribution in [2.45, 2.75) is 31.7 Å². The molecular formula is C17H27N3. The fourth-order valence-electron chi connectivity index (χ4n) is 3.42. The minimum atomic E-state index is 0.369. The first kappa shape index (κ1) is 13.9. The average Bonchev–Trinajstić information content (AvgIpc) is 3.23. The molecule has 1 aliphatic carbocycles. The van der Waals surface area contributed by atoms with E-state index in [2.05, 4.69) is 42.1 Å². The minimum absolute atomic E-state index is 0.369. The number of benzene rings is 1. The molecule has 1 atom stereocenters. The highest BCUT2D eigenvalue weighted by molar-refractivity contribution is 5.56. The molecule has 1 fully saturated rings. The van der Waals surface area contributed by atoms with Gasteiger partial charge >= 0.3 is 0 Å². The van der Waals surface area contributed by atoms with Gasteiger partial charge in [-0.1, -0.05) is 12.1 Å². The van der Waals surface area contributed by atoms with E-state index in [9.17, 15) is 0 Å². The highest BCUT2D eigenvalue weighted by atomic mass is 15.1. The van der Waals surface area contributed by atoms with E-state index in [-0.39, 0.29) is 0 Å². The van der Waals surface area contributed by atoms with Crippen molar-refractivity contribution in [2.24, 2.45) is 11.7 Å². The summed E-state index contributed by atoms with van der Waals surface area (Å²) in [6, 6.07) is 7.33. The van der Waals surface area contributed by atoms with Crippen LogP contribution in [0.15, 0.2) is 18.2 Å². The molecule has 0 amide bonds. The minimum Gasteiger partial charge on any atom is -0.374 e. The number of hydrogen-bond acceptors (Lipinski definition) is 3. The van der Waals surface area contributed by atoms with Gasteiger partial charge in [-0.3, -0.25) is 4.90 Å². The summed E-state index contributed by atoms with van der Waals surface area (Å²) in [5.74, 6) is 0.915. The molecule has 0 spiro atoms. The number of rotatable bonds is 5. The summed E-state index contributed by atoms with van der Waals surface area (Å²) >= 11 is 0. The van der Waals surface area contributed by atoms with Gasteiger partial charge in [0.05, 0.1) is 0 Å². The van der Waals surface area contributed by atoms with E-state index in [1.165, 1.54) is 55.6 Å². The summed E-state index contributed by atoms with van der Waals surface area (Å²) in [4.78, 5) is 4.82. The van der Waals surface area contributed by atoms with Crippen molar-refractivity contribution in [3.8, 4) is 0 Å². The number of aryl methyl sites for hydroxylation is 1. The molecule has 2 aliphatic rings. The maximum absolute atomic E-state index is 6.05. The second-order valence-electron chi connectivity index (χ2n) is 6.55. The standard InChI is InChI=1S/C17H27N3/c1-19-9-3-4-14-10-15(7-8-16(14)19)17(11-18)20(2)12-13-5-6-13/h7-8,10,13,17H,3-6,9,11-12,18H2,1-2H3. The Morgan fingerprint density at radius 3 is 2.90 bits per heavy atom. The Hall–Kier alpha value is -1.06. The molecule has 1 aromatic rings. The number of hydrogen-bond donors (Lipinski definition) is 1. The number of nitrogens with zero attached hydrogens (tertiary/aromatic N) is 2. The summed E-state index contributed by atoms with van der Waals surface area (Å²) in [6.45, 7) is 3.07. The SMILES string of the molecule is CN1CCCc2cc(C(CN)N(C)CC3CC3)ccc21. The Balaban J connectivity index is 1.80. The molecule has 1 heterocycles. The predicted octanol–water partition coefficient (Wildman–Crippen LogP) is 2.41. The van der Waals surface area contributed by atoms with Crippen molar-refractivity contribution in [1.82, 2.24) is 4.90 Å². The van der Waals surface area contributed by atoms with Crippen LogP contribution in [0.2, 0.25) is 0 Å². The van der Waals surface area contributed by atoms with Gasteiger partial charge in [-0.25, -0.2) is 0 Å². The Kier molecular flexibility index (Phi) is 3.99. The van der Waals surface area contributed by atoms with E-state index in [0.29, 0.717) is 12.6 Å². The van der Waals surface area contributed by atoms with Crippen LogP contribution in [0.3, 0.4) is 0 Å². The molecule has 0 aromatic heterocycles. The smallest absolute Gasteiger partial charge is 0.0467 e. The lowest BCUT2D eigenvalue weighted by atomic mass is 9.96. The van der Waals surface area contributed by atoms with Gasteiger partial charge in [-0.15, -0.1) is 0 Å². The molecule has 20 heavy (non-hydrogen) atoms. The summed E-state index contributed by atoms with van der Waals surface area (Å²) in [6.07, 6.45) is 5.27. The molecule has 2 N–H and O–H groups in total. The molecule has 0 bridgehead atoms. The first-order valence-electron chi connectivity index (χ1n) is 7.93. The molecule has 1 saturated carbocycles. The zero-order valence-corrected chi connectivity index (χ0v) is 12.8. The van der Waals surface area contributed by atoms with E-state index in [0.717, 1.165) is 5.92 Å². The molecule has 3 nitrogen and oxygen atoms in total. The van der Waals surface area contributed by atoms with Crippen molar-refractivity contribution in [1.29, 1.82) is 0 Å². The fraction of sp³-hybridized carbons (Fsp3) is 0.647. The van der Waals surface area contributed by atoms with E-state index < -0.39 is 0 Å². The lowest BCUT2D eigenvalue weighted by Gasteiger charge is -2.31. The van der Waals surface area contributed by atoms with Crippen LogP contribution in [0.4, 0.5) is 5.69 Å². The van der Waals surface area contributed by atoms with Gasteiger partial charge in [0.25, 0.3) is 0 Å². The van der Waals surface area contributed by atoms with Gasteiger partial charge in [0.1, 0.15) is 0 Å². The van der Waals surface area contributed by atoms with E-state index >= 15 is 0 Å². The monoisotopic (exact) mass is 273 g/mol. The molecular weight excluding hydrogens is 246 g/mol. The first-order chi connectivity index (χ1) is 9.69. The highest BCUT2D eigenvalue weighted by Gasteiger charge is 2.26. The molecule has 3 heteroatoms. The van der Waals surface area contributed by atoms with Crippen LogP contribution < -0.4 is 10.6 Å². The third-order valence-corrected chi connectivity index (χ3v) is 4.84. The second-order valence-corrected chi connectivity index (χ2v) is 6.55. The predicted molar refractivity (Wildman–Crippen MR) is 85.2 cm³/mol. The van der Waals surface area contributed by atoms with E-state index in [1.54, 1.807) is 0 Å². The van der Waals surface area contributed by atoms with Crippen molar-refractivity contribution < 1.29 is 0 Å². The second kappa shape index (κ2) is 5.74. The van der Waals surface area contributed by atoms with Crippen LogP contribution in [0.25, 0.3) is 0 Å². The van der Waals surface area contributed by atoms with Crippen molar-refractivity contribution >= 4 is 5.69 Å². The summed E-state index contributed by atoms with van der Waals surface area (Å²) in [5, 5.41) is 0. The van der Waals surface area contributed by atoms with Gasteiger partial charge < -0.3 is 10.6 Å². The lowest BCUT2D eigenvalue weighted by molar-refractivity contribution is 0.240. The van der Waals surface area contributed by atoms with Crippen LogP contribution in [-0.2, 0) is 6.42 Å². The zero-order chi connectivity index (χ0) is 14.1. The first-order valence-corrected chi connectivity index (χ1v) is 7.93. The number of nitrogens with two attached hydrogens (primary N) is 1. The summed E-state index contributed by atoms with van der Waals surface area (Å²) < 4.78 is 0.